The predicted octanol–water partition coefficient (Wildman–Crippen LogP) is 2.82. The average molecular weight is 257 g/mol. The first kappa shape index (κ1) is 15.6. The van der Waals surface area contributed by atoms with Crippen LogP contribution in [0.4, 0.5) is 0 Å². The van der Waals surface area contributed by atoms with Gasteiger partial charge in [0.25, 0.3) is 0 Å². The number of nitrogens with one attached hydrogen (secondary N) is 1. The summed E-state index contributed by atoms with van der Waals surface area (Å²) in [5, 5.41) is 12.9. The Labute approximate surface area is 106 Å². The second-order valence-electron chi connectivity index (χ2n) is 3.49. The number of rotatable bonds is 4. The lowest BCUT2D eigenvalue weighted by Crippen LogP contribution is -2.31. The number of aliphatic carboxylic acids is 1. The van der Waals surface area contributed by atoms with Crippen LogP contribution in [-0.4, -0.2) is 17.0 Å². The fraction of sp³-hybridized carbons (Fsp3) is 0.500. The first-order valence-corrected chi connectivity index (χ1v) is 6.44. The van der Waals surface area contributed by atoms with E-state index in [0.717, 1.165) is 0 Å². The topological polar surface area (TPSA) is 66.4 Å². The Balaban J connectivity index is 0.000000557. The summed E-state index contributed by atoms with van der Waals surface area (Å²) in [5.74, 6) is -1.39. The van der Waals surface area contributed by atoms with Crippen LogP contribution in [0.25, 0.3) is 0 Å². The molecule has 17 heavy (non-hydrogen) atoms. The van der Waals surface area contributed by atoms with Gasteiger partial charge in [-0.15, -0.1) is 11.3 Å². The maximum Gasteiger partial charge on any atom is 0.331 e. The standard InChI is InChI=1S/C8H9NO3S.C4H10/c1-5(10)9-7(8(11)12)6-3-2-4-13-6;1-3-4-2/h2-4,7H,1H3,(H,9,10)(H,11,12);3-4H2,1-2H3. The van der Waals surface area contributed by atoms with Gasteiger partial charge in [-0.05, 0) is 11.4 Å². The summed E-state index contributed by atoms with van der Waals surface area (Å²) in [6.45, 7) is 5.66. The van der Waals surface area contributed by atoms with Crippen molar-refractivity contribution >= 4 is 23.2 Å². The quantitative estimate of drug-likeness (QED) is 0.871. The fourth-order valence-corrected chi connectivity index (χ4v) is 1.68. The molecule has 1 aromatic heterocycles. The number of carbonyl (C=O) groups is 2. The highest BCUT2D eigenvalue weighted by atomic mass is 32.1. The van der Waals surface area contributed by atoms with E-state index in [0.29, 0.717) is 4.88 Å². The molecule has 1 aromatic rings. The predicted molar refractivity (Wildman–Crippen MR) is 69.1 cm³/mol. The molecule has 1 atom stereocenters. The molecule has 0 bridgehead atoms. The highest BCUT2D eigenvalue weighted by molar-refractivity contribution is 7.10. The van der Waals surface area contributed by atoms with Gasteiger partial charge in [0, 0.05) is 11.8 Å². The van der Waals surface area contributed by atoms with Crippen molar-refractivity contribution in [3.8, 4) is 0 Å². The van der Waals surface area contributed by atoms with Gasteiger partial charge in [0.05, 0.1) is 0 Å². The van der Waals surface area contributed by atoms with Crippen LogP contribution in [0.15, 0.2) is 17.5 Å². The SMILES string of the molecule is CC(=O)NC(C(=O)O)c1cccs1.CCCC. The van der Waals surface area contributed by atoms with Crippen LogP contribution in [-0.2, 0) is 9.59 Å². The van der Waals surface area contributed by atoms with Gasteiger partial charge < -0.3 is 10.4 Å². The minimum Gasteiger partial charge on any atom is -0.479 e. The molecule has 0 aliphatic carbocycles. The number of carboxylic acids is 1. The van der Waals surface area contributed by atoms with E-state index < -0.39 is 12.0 Å². The largest absolute Gasteiger partial charge is 0.479 e. The van der Waals surface area contributed by atoms with Gasteiger partial charge in [0.2, 0.25) is 5.91 Å². The van der Waals surface area contributed by atoms with E-state index in [9.17, 15) is 9.59 Å². The molecule has 4 nitrogen and oxygen atoms in total. The van der Waals surface area contributed by atoms with E-state index in [1.54, 1.807) is 17.5 Å². The molecular formula is C12H19NO3S. The van der Waals surface area contributed by atoms with Gasteiger partial charge in [-0.3, -0.25) is 4.79 Å². The van der Waals surface area contributed by atoms with Gasteiger partial charge >= 0.3 is 5.97 Å². The zero-order valence-electron chi connectivity index (χ0n) is 10.4. The number of carbonyl (C=O) groups excluding carboxylic acids is 1. The molecule has 1 amide bonds. The molecule has 0 saturated carbocycles. The van der Waals surface area contributed by atoms with E-state index in [1.165, 1.54) is 31.1 Å². The molecule has 0 fully saturated rings. The number of thiophene rings is 1. The van der Waals surface area contributed by atoms with Gasteiger partial charge in [-0.1, -0.05) is 32.8 Å². The number of amides is 1. The first-order chi connectivity index (χ1) is 8.02. The number of carboxylic acid groups (broad SMARTS) is 1. The third kappa shape index (κ3) is 6.73. The summed E-state index contributed by atoms with van der Waals surface area (Å²) in [6.07, 6.45) is 2.64. The highest BCUT2D eigenvalue weighted by Gasteiger charge is 2.20. The van der Waals surface area contributed by atoms with Gasteiger partial charge in [0.1, 0.15) is 0 Å². The van der Waals surface area contributed by atoms with Crippen molar-refractivity contribution in [2.45, 2.75) is 39.7 Å². The maximum absolute atomic E-state index is 10.7. The molecule has 0 saturated heterocycles. The summed E-state index contributed by atoms with van der Waals surface area (Å²) in [6, 6.07) is 2.51. The Morgan fingerprint density at radius 2 is 2.00 bits per heavy atom. The first-order valence-electron chi connectivity index (χ1n) is 5.56. The van der Waals surface area contributed by atoms with E-state index in [1.807, 2.05) is 0 Å². The summed E-state index contributed by atoms with van der Waals surface area (Å²) < 4.78 is 0. The molecular weight excluding hydrogens is 238 g/mol. The van der Waals surface area contributed by atoms with Crippen molar-refractivity contribution in [2.75, 3.05) is 0 Å². The Bertz CT molecular complexity index is 334. The Morgan fingerprint density at radius 3 is 2.29 bits per heavy atom. The molecule has 0 aromatic carbocycles. The van der Waals surface area contributed by atoms with Crippen LogP contribution in [0.5, 0.6) is 0 Å². The minimum atomic E-state index is -1.04. The van der Waals surface area contributed by atoms with Crippen molar-refractivity contribution < 1.29 is 14.7 Å². The number of hydrogen-bond donors (Lipinski definition) is 2. The van der Waals surface area contributed by atoms with Gasteiger partial charge in [0.15, 0.2) is 6.04 Å². The van der Waals surface area contributed by atoms with Crippen LogP contribution in [0, 0.1) is 0 Å². The van der Waals surface area contributed by atoms with E-state index in [-0.39, 0.29) is 5.91 Å². The molecule has 0 aliphatic rings. The normalized spacial score (nSPS) is 11.0. The Morgan fingerprint density at radius 1 is 1.41 bits per heavy atom. The van der Waals surface area contributed by atoms with Gasteiger partial charge in [-0.2, -0.15) is 0 Å². The Kier molecular flexibility index (Phi) is 8.05. The molecule has 0 spiro atoms. The lowest BCUT2D eigenvalue weighted by Gasteiger charge is -2.10. The molecule has 0 aliphatic heterocycles. The third-order valence-corrected chi connectivity index (χ3v) is 2.86. The summed E-state index contributed by atoms with van der Waals surface area (Å²) in [5.41, 5.74) is 0. The molecule has 1 rings (SSSR count). The lowest BCUT2D eigenvalue weighted by molar-refractivity contribution is -0.141. The van der Waals surface area contributed by atoms with E-state index in [2.05, 4.69) is 19.2 Å². The smallest absolute Gasteiger partial charge is 0.331 e. The van der Waals surface area contributed by atoms with Crippen LogP contribution in [0.2, 0.25) is 0 Å². The van der Waals surface area contributed by atoms with Crippen LogP contribution in [0.1, 0.15) is 44.5 Å². The van der Waals surface area contributed by atoms with E-state index in [4.69, 9.17) is 5.11 Å². The molecule has 1 heterocycles. The third-order valence-electron chi connectivity index (χ3n) is 1.92. The zero-order valence-corrected chi connectivity index (χ0v) is 11.2. The lowest BCUT2D eigenvalue weighted by atomic mass is 10.2. The second kappa shape index (κ2) is 8.75. The van der Waals surface area contributed by atoms with E-state index >= 15 is 0 Å². The average Bonchev–Trinajstić information content (AvgIpc) is 2.79. The van der Waals surface area contributed by atoms with Crippen molar-refractivity contribution in [1.82, 2.24) is 5.32 Å². The monoisotopic (exact) mass is 257 g/mol. The summed E-state index contributed by atoms with van der Waals surface area (Å²) >= 11 is 1.31. The Hall–Kier alpha value is -1.36. The van der Waals surface area contributed by atoms with Crippen molar-refractivity contribution in [1.29, 1.82) is 0 Å². The van der Waals surface area contributed by atoms with Crippen LogP contribution in [0.3, 0.4) is 0 Å². The minimum absolute atomic E-state index is 0.346. The van der Waals surface area contributed by atoms with Crippen molar-refractivity contribution in [3.63, 3.8) is 0 Å². The summed E-state index contributed by atoms with van der Waals surface area (Å²) in [4.78, 5) is 22.0. The summed E-state index contributed by atoms with van der Waals surface area (Å²) in [7, 11) is 0. The van der Waals surface area contributed by atoms with Crippen molar-refractivity contribution in [2.24, 2.45) is 0 Å². The molecule has 96 valence electrons. The van der Waals surface area contributed by atoms with Gasteiger partial charge in [-0.25, -0.2) is 4.79 Å². The molecule has 2 N–H and O–H groups in total. The van der Waals surface area contributed by atoms with Crippen LogP contribution < -0.4 is 5.32 Å². The number of hydrogen-bond acceptors (Lipinski definition) is 3. The van der Waals surface area contributed by atoms with Crippen molar-refractivity contribution in [3.05, 3.63) is 22.4 Å². The maximum atomic E-state index is 10.7. The number of unbranched alkanes of at least 4 members (excludes halogenated alkanes) is 1. The van der Waals surface area contributed by atoms with Crippen LogP contribution >= 0.6 is 11.3 Å². The molecule has 5 heteroatoms. The fourth-order valence-electron chi connectivity index (χ4n) is 0.913. The molecule has 0 radical (unpaired) electrons. The molecule has 1 unspecified atom stereocenters. The zero-order chi connectivity index (χ0) is 13.3. The highest BCUT2D eigenvalue weighted by Crippen LogP contribution is 2.18. The second-order valence-corrected chi connectivity index (χ2v) is 4.47.